The highest BCUT2D eigenvalue weighted by atomic mass is 16.5. The Bertz CT molecular complexity index is 510. The minimum Gasteiger partial charge on any atom is -0.480 e. The van der Waals surface area contributed by atoms with E-state index in [9.17, 15) is 10.1 Å². The standard InChI is InChI=1S/C12H16N4O3/c1-8-9(2)14-15-12(10(8)6-13)16(4-5-19-3)7-11(17)18/h4-5,7H2,1-3H3,(H,17,18). The molecule has 0 radical (unpaired) electrons. The molecule has 7 heteroatoms. The Morgan fingerprint density at radius 3 is 2.68 bits per heavy atom. The molecule has 0 saturated carbocycles. The van der Waals surface area contributed by atoms with Gasteiger partial charge in [-0.15, -0.1) is 5.10 Å². The van der Waals surface area contributed by atoms with E-state index in [-0.39, 0.29) is 12.4 Å². The molecule has 7 nitrogen and oxygen atoms in total. The van der Waals surface area contributed by atoms with Crippen molar-refractivity contribution in [3.05, 3.63) is 16.8 Å². The first-order chi connectivity index (χ1) is 9.01. The van der Waals surface area contributed by atoms with E-state index < -0.39 is 5.97 Å². The minimum atomic E-state index is -1.000. The summed E-state index contributed by atoms with van der Waals surface area (Å²) in [6.45, 7) is 3.93. The molecule has 0 saturated heterocycles. The first-order valence-electron chi connectivity index (χ1n) is 5.71. The highest BCUT2D eigenvalue weighted by molar-refractivity contribution is 5.74. The molecule has 0 amide bonds. The number of methoxy groups -OCH3 is 1. The van der Waals surface area contributed by atoms with E-state index in [1.54, 1.807) is 13.8 Å². The van der Waals surface area contributed by atoms with E-state index in [1.165, 1.54) is 12.0 Å². The van der Waals surface area contributed by atoms with E-state index in [1.807, 2.05) is 0 Å². The average Bonchev–Trinajstić information content (AvgIpc) is 2.37. The molecule has 1 aromatic rings. The van der Waals surface area contributed by atoms with Crippen LogP contribution in [0.1, 0.15) is 16.8 Å². The zero-order chi connectivity index (χ0) is 14.4. The Morgan fingerprint density at radius 2 is 2.16 bits per heavy atom. The summed E-state index contributed by atoms with van der Waals surface area (Å²) >= 11 is 0. The third-order valence-corrected chi connectivity index (χ3v) is 2.74. The lowest BCUT2D eigenvalue weighted by atomic mass is 10.1. The maximum Gasteiger partial charge on any atom is 0.323 e. The molecular weight excluding hydrogens is 248 g/mol. The summed E-state index contributed by atoms with van der Waals surface area (Å²) < 4.78 is 4.94. The van der Waals surface area contributed by atoms with Gasteiger partial charge in [0.1, 0.15) is 18.2 Å². The predicted molar refractivity (Wildman–Crippen MR) is 67.9 cm³/mol. The van der Waals surface area contributed by atoms with Crippen molar-refractivity contribution in [2.45, 2.75) is 13.8 Å². The van der Waals surface area contributed by atoms with Crippen molar-refractivity contribution < 1.29 is 14.6 Å². The highest BCUT2D eigenvalue weighted by Gasteiger charge is 2.19. The zero-order valence-electron chi connectivity index (χ0n) is 11.2. The number of anilines is 1. The number of carboxylic acids is 1. The lowest BCUT2D eigenvalue weighted by Crippen LogP contribution is -2.34. The van der Waals surface area contributed by atoms with Gasteiger partial charge in [0, 0.05) is 13.7 Å². The van der Waals surface area contributed by atoms with E-state index in [4.69, 9.17) is 9.84 Å². The second-order valence-corrected chi connectivity index (χ2v) is 4.03. The normalized spacial score (nSPS) is 10.0. The third-order valence-electron chi connectivity index (χ3n) is 2.74. The summed E-state index contributed by atoms with van der Waals surface area (Å²) in [6, 6.07) is 2.06. The highest BCUT2D eigenvalue weighted by Crippen LogP contribution is 2.20. The van der Waals surface area contributed by atoms with Gasteiger partial charge >= 0.3 is 5.97 Å². The molecule has 0 aromatic carbocycles. The topological polar surface area (TPSA) is 99.3 Å². The predicted octanol–water partition coefficient (Wildman–Crippen LogP) is 0.503. The molecule has 102 valence electrons. The van der Waals surface area contributed by atoms with Crippen molar-refractivity contribution in [2.75, 3.05) is 31.7 Å². The lowest BCUT2D eigenvalue weighted by Gasteiger charge is -2.22. The van der Waals surface area contributed by atoms with Gasteiger partial charge in [0.2, 0.25) is 0 Å². The number of nitrogens with zero attached hydrogens (tertiary/aromatic N) is 4. The van der Waals surface area contributed by atoms with Crippen LogP contribution < -0.4 is 4.90 Å². The largest absolute Gasteiger partial charge is 0.480 e. The molecular formula is C12H16N4O3. The second kappa shape index (κ2) is 6.66. The number of hydrogen-bond acceptors (Lipinski definition) is 6. The van der Waals surface area contributed by atoms with Gasteiger partial charge in [-0.05, 0) is 19.4 Å². The number of aliphatic carboxylic acids is 1. The van der Waals surface area contributed by atoms with Gasteiger partial charge in [-0.2, -0.15) is 10.4 Å². The fourth-order valence-electron chi connectivity index (χ4n) is 1.58. The molecule has 0 aliphatic carbocycles. The maximum atomic E-state index is 10.9. The van der Waals surface area contributed by atoms with Gasteiger partial charge in [0.15, 0.2) is 5.82 Å². The van der Waals surface area contributed by atoms with E-state index in [0.29, 0.717) is 30.0 Å². The number of hydrogen-bond donors (Lipinski definition) is 1. The number of nitriles is 1. The summed E-state index contributed by atoms with van der Waals surface area (Å²) in [6.07, 6.45) is 0. The Hall–Kier alpha value is -2.20. The number of aryl methyl sites for hydroxylation is 1. The van der Waals surface area contributed by atoms with E-state index in [0.717, 1.165) is 0 Å². The van der Waals surface area contributed by atoms with Gasteiger partial charge in [0.25, 0.3) is 0 Å². The Morgan fingerprint density at radius 1 is 1.47 bits per heavy atom. The third kappa shape index (κ3) is 3.63. The van der Waals surface area contributed by atoms with Crippen LogP contribution in [-0.2, 0) is 9.53 Å². The Labute approximate surface area is 111 Å². The number of rotatable bonds is 6. The fraction of sp³-hybridized carbons (Fsp3) is 0.500. The van der Waals surface area contributed by atoms with Crippen molar-refractivity contribution in [1.82, 2.24) is 10.2 Å². The van der Waals surface area contributed by atoms with Crippen LogP contribution in [0.3, 0.4) is 0 Å². The van der Waals surface area contributed by atoms with Crippen LogP contribution in [0.4, 0.5) is 5.82 Å². The summed E-state index contributed by atoms with van der Waals surface area (Å²) in [5, 5.41) is 26.0. The van der Waals surface area contributed by atoms with Gasteiger partial charge in [0.05, 0.1) is 12.3 Å². The summed E-state index contributed by atoms with van der Waals surface area (Å²) in [5.41, 5.74) is 1.72. The van der Waals surface area contributed by atoms with Gasteiger partial charge in [-0.25, -0.2) is 0 Å². The molecule has 1 rings (SSSR count). The van der Waals surface area contributed by atoms with E-state index in [2.05, 4.69) is 16.3 Å². The Balaban J connectivity index is 3.18. The van der Waals surface area contributed by atoms with Crippen molar-refractivity contribution in [1.29, 1.82) is 5.26 Å². The van der Waals surface area contributed by atoms with Gasteiger partial charge in [-0.3, -0.25) is 4.79 Å². The van der Waals surface area contributed by atoms with Crippen molar-refractivity contribution in [3.63, 3.8) is 0 Å². The molecule has 0 atom stereocenters. The van der Waals surface area contributed by atoms with Crippen LogP contribution in [0.25, 0.3) is 0 Å². The maximum absolute atomic E-state index is 10.9. The van der Waals surface area contributed by atoms with Gasteiger partial charge < -0.3 is 14.7 Å². The van der Waals surface area contributed by atoms with Crippen LogP contribution in [-0.4, -0.2) is 48.1 Å². The lowest BCUT2D eigenvalue weighted by molar-refractivity contribution is -0.135. The molecule has 1 heterocycles. The minimum absolute atomic E-state index is 0.255. The first kappa shape index (κ1) is 14.9. The summed E-state index contributed by atoms with van der Waals surface area (Å²) in [5.74, 6) is -0.718. The number of aromatic nitrogens is 2. The second-order valence-electron chi connectivity index (χ2n) is 4.03. The molecule has 0 bridgehead atoms. The molecule has 0 aliphatic heterocycles. The first-order valence-corrected chi connectivity index (χ1v) is 5.71. The van der Waals surface area contributed by atoms with Crippen LogP contribution in [0.15, 0.2) is 0 Å². The summed E-state index contributed by atoms with van der Waals surface area (Å²) in [4.78, 5) is 12.4. The van der Waals surface area contributed by atoms with Crippen LogP contribution >= 0.6 is 0 Å². The molecule has 1 aromatic heterocycles. The number of carbonyl (C=O) groups is 1. The monoisotopic (exact) mass is 264 g/mol. The summed E-state index contributed by atoms with van der Waals surface area (Å²) in [7, 11) is 1.52. The van der Waals surface area contributed by atoms with E-state index >= 15 is 0 Å². The van der Waals surface area contributed by atoms with Crippen LogP contribution in [0, 0.1) is 25.2 Å². The van der Waals surface area contributed by atoms with Crippen molar-refractivity contribution >= 4 is 11.8 Å². The fourth-order valence-corrected chi connectivity index (χ4v) is 1.58. The van der Waals surface area contributed by atoms with Crippen molar-refractivity contribution in [3.8, 4) is 6.07 Å². The van der Waals surface area contributed by atoms with Crippen molar-refractivity contribution in [2.24, 2.45) is 0 Å². The van der Waals surface area contributed by atoms with Gasteiger partial charge in [-0.1, -0.05) is 0 Å². The smallest absolute Gasteiger partial charge is 0.323 e. The average molecular weight is 264 g/mol. The molecule has 19 heavy (non-hydrogen) atoms. The number of ether oxygens (including phenoxy) is 1. The zero-order valence-corrected chi connectivity index (χ0v) is 11.2. The molecule has 0 spiro atoms. The number of carboxylic acid groups (broad SMARTS) is 1. The van der Waals surface area contributed by atoms with Crippen LogP contribution in [0.2, 0.25) is 0 Å². The molecule has 0 fully saturated rings. The molecule has 1 N–H and O–H groups in total. The Kier molecular flexibility index (Phi) is 5.21. The quantitative estimate of drug-likeness (QED) is 0.798. The molecule has 0 unspecified atom stereocenters. The van der Waals surface area contributed by atoms with Crippen LogP contribution in [0.5, 0.6) is 0 Å². The SMILES string of the molecule is COCCN(CC(=O)O)c1nnc(C)c(C)c1C#N. The molecule has 0 aliphatic rings.